The summed E-state index contributed by atoms with van der Waals surface area (Å²) in [5, 5.41) is 17.6. The molecule has 30 heavy (non-hydrogen) atoms. The lowest BCUT2D eigenvalue weighted by atomic mass is 9.90. The van der Waals surface area contributed by atoms with Crippen molar-refractivity contribution in [3.05, 3.63) is 68.2 Å². The van der Waals surface area contributed by atoms with E-state index in [4.69, 9.17) is 11.6 Å². The van der Waals surface area contributed by atoms with Gasteiger partial charge in [0.1, 0.15) is 0 Å². The maximum atomic E-state index is 12.4. The molecule has 2 N–H and O–H groups in total. The topological polar surface area (TPSA) is 114 Å². The van der Waals surface area contributed by atoms with Gasteiger partial charge >= 0.3 is 0 Å². The van der Waals surface area contributed by atoms with Gasteiger partial charge < -0.3 is 5.32 Å². The molecule has 0 atom stereocenters. The summed E-state index contributed by atoms with van der Waals surface area (Å²) in [5.41, 5.74) is 5.86. The van der Waals surface area contributed by atoms with Gasteiger partial charge in [-0.15, -0.1) is 0 Å². The van der Waals surface area contributed by atoms with Crippen LogP contribution in [0.4, 0.5) is 11.4 Å². The Morgan fingerprint density at radius 1 is 1.20 bits per heavy atom. The molecule has 2 amide bonds. The number of fused-ring (bicyclic) bond motifs is 1. The molecule has 0 fully saturated rings. The van der Waals surface area contributed by atoms with Crippen molar-refractivity contribution in [3.8, 4) is 0 Å². The fourth-order valence-electron chi connectivity index (χ4n) is 3.37. The molecule has 3 rings (SSSR count). The minimum atomic E-state index is -0.619. The van der Waals surface area contributed by atoms with Gasteiger partial charge in [-0.05, 0) is 55.9 Å². The van der Waals surface area contributed by atoms with E-state index in [1.165, 1.54) is 23.3 Å². The van der Waals surface area contributed by atoms with Crippen molar-refractivity contribution < 1.29 is 14.5 Å². The molecule has 0 radical (unpaired) electrons. The van der Waals surface area contributed by atoms with Gasteiger partial charge in [0.15, 0.2) is 0 Å². The third-order valence-electron chi connectivity index (χ3n) is 4.84. The number of benzene rings is 2. The van der Waals surface area contributed by atoms with E-state index >= 15 is 0 Å². The van der Waals surface area contributed by atoms with E-state index in [9.17, 15) is 19.7 Å². The zero-order chi connectivity index (χ0) is 21.7. The van der Waals surface area contributed by atoms with E-state index in [1.807, 2.05) is 12.1 Å². The summed E-state index contributed by atoms with van der Waals surface area (Å²) in [7, 11) is 0. The molecule has 0 saturated carbocycles. The first-order valence-electron chi connectivity index (χ1n) is 9.53. The van der Waals surface area contributed by atoms with E-state index < -0.39 is 10.8 Å². The van der Waals surface area contributed by atoms with Gasteiger partial charge in [0, 0.05) is 23.5 Å². The quantitative estimate of drug-likeness (QED) is 0.406. The summed E-state index contributed by atoms with van der Waals surface area (Å²) in [6.45, 7) is 1.62. The number of hydrogen-bond donors (Lipinski definition) is 2. The molecule has 9 heteroatoms. The number of hydrazone groups is 1. The first-order chi connectivity index (χ1) is 14.3. The minimum absolute atomic E-state index is 0.0118. The van der Waals surface area contributed by atoms with Gasteiger partial charge in [-0.3, -0.25) is 19.7 Å². The van der Waals surface area contributed by atoms with Crippen molar-refractivity contribution >= 4 is 40.5 Å². The maximum absolute atomic E-state index is 12.4. The number of rotatable bonds is 6. The SMILES string of the molecule is C/C(CC(=O)Nc1cccc2c1CCCC2)=N/NC(=O)c1ccc([N+](=O)[O-])cc1Cl. The molecule has 8 nitrogen and oxygen atoms in total. The Labute approximate surface area is 178 Å². The summed E-state index contributed by atoms with van der Waals surface area (Å²) < 4.78 is 0. The van der Waals surface area contributed by atoms with Crippen LogP contribution in [-0.4, -0.2) is 22.4 Å². The van der Waals surface area contributed by atoms with Crippen LogP contribution in [0.15, 0.2) is 41.5 Å². The molecule has 0 heterocycles. The van der Waals surface area contributed by atoms with Crippen LogP contribution >= 0.6 is 11.6 Å². The van der Waals surface area contributed by atoms with Crippen LogP contribution in [0.25, 0.3) is 0 Å². The normalized spacial score (nSPS) is 13.3. The van der Waals surface area contributed by atoms with Gasteiger partial charge in [-0.25, -0.2) is 5.43 Å². The van der Waals surface area contributed by atoms with Crippen molar-refractivity contribution in [2.24, 2.45) is 5.10 Å². The summed E-state index contributed by atoms with van der Waals surface area (Å²) in [6, 6.07) is 9.47. The molecule has 1 aliphatic carbocycles. The van der Waals surface area contributed by atoms with E-state index in [1.54, 1.807) is 6.92 Å². The van der Waals surface area contributed by atoms with E-state index in [2.05, 4.69) is 21.9 Å². The predicted octanol–water partition coefficient (Wildman–Crippen LogP) is 4.26. The fraction of sp³-hybridized carbons (Fsp3) is 0.286. The molecule has 2 aromatic carbocycles. The van der Waals surface area contributed by atoms with Crippen LogP contribution < -0.4 is 10.7 Å². The van der Waals surface area contributed by atoms with Gasteiger partial charge in [0.2, 0.25) is 5.91 Å². The van der Waals surface area contributed by atoms with Gasteiger partial charge in [0.05, 0.1) is 21.9 Å². The predicted molar refractivity (Wildman–Crippen MR) is 115 cm³/mol. The summed E-state index contributed by atoms with van der Waals surface area (Å²) in [5.74, 6) is -0.843. The molecule has 0 bridgehead atoms. The first-order valence-corrected chi connectivity index (χ1v) is 9.91. The Hall–Kier alpha value is -3.26. The monoisotopic (exact) mass is 428 g/mol. The first kappa shape index (κ1) is 21.4. The molecular weight excluding hydrogens is 408 g/mol. The number of nitrogens with one attached hydrogen (secondary N) is 2. The number of carbonyl (C=O) groups is 2. The Balaban J connectivity index is 1.59. The molecular formula is C21H21ClN4O4. The van der Waals surface area contributed by atoms with Crippen molar-refractivity contribution in [2.45, 2.75) is 39.0 Å². The fourth-order valence-corrected chi connectivity index (χ4v) is 3.63. The molecule has 0 spiro atoms. The van der Waals surface area contributed by atoms with Crippen LogP contribution in [0.1, 0.15) is 47.7 Å². The molecule has 0 aliphatic heterocycles. The summed E-state index contributed by atoms with van der Waals surface area (Å²) >= 11 is 5.94. The average Bonchev–Trinajstić information content (AvgIpc) is 2.72. The highest BCUT2D eigenvalue weighted by Crippen LogP contribution is 2.28. The molecule has 0 saturated heterocycles. The maximum Gasteiger partial charge on any atom is 0.272 e. The molecule has 2 aromatic rings. The van der Waals surface area contributed by atoms with Crippen LogP contribution in [0.2, 0.25) is 5.02 Å². The largest absolute Gasteiger partial charge is 0.325 e. The second-order valence-corrected chi connectivity index (χ2v) is 7.49. The van der Waals surface area contributed by atoms with E-state index in [-0.39, 0.29) is 28.6 Å². The lowest BCUT2D eigenvalue weighted by Crippen LogP contribution is -2.22. The number of nitrogens with zero attached hydrogens (tertiary/aromatic N) is 2. The number of anilines is 1. The van der Waals surface area contributed by atoms with Crippen molar-refractivity contribution in [2.75, 3.05) is 5.32 Å². The Kier molecular flexibility index (Phi) is 6.79. The number of nitro benzene ring substituents is 1. The van der Waals surface area contributed by atoms with Gasteiger partial charge in [-0.1, -0.05) is 23.7 Å². The second-order valence-electron chi connectivity index (χ2n) is 7.08. The third kappa shape index (κ3) is 5.21. The molecule has 0 aromatic heterocycles. The highest BCUT2D eigenvalue weighted by Gasteiger charge is 2.16. The number of hydrogen-bond acceptors (Lipinski definition) is 5. The highest BCUT2D eigenvalue weighted by molar-refractivity contribution is 6.34. The Bertz CT molecular complexity index is 1040. The number of halogens is 1. The van der Waals surface area contributed by atoms with Gasteiger partial charge in [0.25, 0.3) is 11.6 Å². The zero-order valence-electron chi connectivity index (χ0n) is 16.4. The number of amides is 2. The zero-order valence-corrected chi connectivity index (χ0v) is 17.2. The molecule has 1 aliphatic rings. The lowest BCUT2D eigenvalue weighted by molar-refractivity contribution is -0.384. The standard InChI is InChI=1S/C21H21ClN4O4/c1-13(24-25-21(28)17-10-9-15(26(29)30)12-18(17)22)11-20(27)23-19-8-4-6-14-5-2-3-7-16(14)19/h4,6,8-10,12H,2-3,5,7,11H2,1H3,(H,23,27)(H,25,28)/b24-13-. The van der Waals surface area contributed by atoms with Crippen LogP contribution in [-0.2, 0) is 17.6 Å². The van der Waals surface area contributed by atoms with Crippen LogP contribution in [0, 0.1) is 10.1 Å². The van der Waals surface area contributed by atoms with Crippen molar-refractivity contribution in [3.63, 3.8) is 0 Å². The average molecular weight is 429 g/mol. The van der Waals surface area contributed by atoms with Crippen LogP contribution in [0.3, 0.4) is 0 Å². The van der Waals surface area contributed by atoms with Crippen molar-refractivity contribution in [1.29, 1.82) is 0 Å². The number of carbonyl (C=O) groups excluding carboxylic acids is 2. The molecule has 0 unspecified atom stereocenters. The van der Waals surface area contributed by atoms with Crippen molar-refractivity contribution in [1.82, 2.24) is 5.43 Å². The lowest BCUT2D eigenvalue weighted by Gasteiger charge is -2.19. The number of non-ortho nitro benzene ring substituents is 1. The van der Waals surface area contributed by atoms with Crippen LogP contribution in [0.5, 0.6) is 0 Å². The number of aryl methyl sites for hydroxylation is 1. The second kappa shape index (κ2) is 9.49. The summed E-state index contributed by atoms with van der Waals surface area (Å²) in [4.78, 5) is 34.8. The van der Waals surface area contributed by atoms with E-state index in [0.29, 0.717) is 5.71 Å². The van der Waals surface area contributed by atoms with E-state index in [0.717, 1.165) is 37.4 Å². The number of nitro groups is 1. The Morgan fingerprint density at radius 3 is 2.70 bits per heavy atom. The molecule has 156 valence electrons. The summed E-state index contributed by atoms with van der Waals surface area (Å²) in [6.07, 6.45) is 4.26. The minimum Gasteiger partial charge on any atom is -0.325 e. The van der Waals surface area contributed by atoms with Gasteiger partial charge in [-0.2, -0.15) is 5.10 Å². The Morgan fingerprint density at radius 2 is 1.97 bits per heavy atom. The highest BCUT2D eigenvalue weighted by atomic mass is 35.5. The third-order valence-corrected chi connectivity index (χ3v) is 5.16. The smallest absolute Gasteiger partial charge is 0.272 e.